The van der Waals surface area contributed by atoms with Gasteiger partial charge in [-0.1, -0.05) is 43.7 Å². The van der Waals surface area contributed by atoms with E-state index in [0.29, 0.717) is 11.1 Å². The van der Waals surface area contributed by atoms with E-state index in [-0.39, 0.29) is 16.2 Å². The molecule has 0 saturated carbocycles. The molecule has 0 unspecified atom stereocenters. The van der Waals surface area contributed by atoms with E-state index >= 15 is 0 Å². The van der Waals surface area contributed by atoms with Crippen LogP contribution in [0, 0.1) is 6.92 Å². The van der Waals surface area contributed by atoms with Crippen molar-refractivity contribution in [2.45, 2.75) is 31.6 Å². The Morgan fingerprint density at radius 3 is 2.23 bits per heavy atom. The van der Waals surface area contributed by atoms with Gasteiger partial charge in [0.2, 0.25) is 10.0 Å². The Labute approximate surface area is 153 Å². The van der Waals surface area contributed by atoms with Crippen LogP contribution in [0.4, 0.5) is 0 Å². The smallest absolute Gasteiger partial charge is 0.338 e. The van der Waals surface area contributed by atoms with Gasteiger partial charge in [-0.2, -0.15) is 0 Å². The quantitative estimate of drug-likeness (QED) is 0.592. The first-order chi connectivity index (χ1) is 12.2. The standard InChI is InChI=1S/C19H21NO5S/c1-3-4-14-6-9-15(10-7-14)17(21)12-25-19(22)16-8-5-13(2)18(11-16)26(20,23)24/h5-11H,3-4,12H2,1-2H3,(H2,20,23,24). The lowest BCUT2D eigenvalue weighted by Gasteiger charge is -2.08. The van der Waals surface area contributed by atoms with Crippen molar-refractivity contribution >= 4 is 21.8 Å². The fraction of sp³-hybridized carbons (Fsp3) is 0.263. The number of esters is 1. The number of aryl methyl sites for hydroxylation is 2. The highest BCUT2D eigenvalue weighted by Gasteiger charge is 2.17. The van der Waals surface area contributed by atoms with Gasteiger partial charge in [0.15, 0.2) is 12.4 Å². The molecule has 26 heavy (non-hydrogen) atoms. The summed E-state index contributed by atoms with van der Waals surface area (Å²) in [6.07, 6.45) is 1.95. The van der Waals surface area contributed by atoms with Crippen LogP contribution in [-0.4, -0.2) is 26.8 Å². The van der Waals surface area contributed by atoms with Gasteiger partial charge in [-0.25, -0.2) is 18.4 Å². The maximum atomic E-state index is 12.1. The molecule has 7 heteroatoms. The second kappa shape index (κ2) is 8.25. The van der Waals surface area contributed by atoms with Gasteiger partial charge in [0.1, 0.15) is 0 Å². The number of rotatable bonds is 7. The van der Waals surface area contributed by atoms with Gasteiger partial charge >= 0.3 is 5.97 Å². The van der Waals surface area contributed by atoms with Crippen molar-refractivity contribution in [3.05, 3.63) is 64.7 Å². The van der Waals surface area contributed by atoms with Gasteiger partial charge in [-0.05, 0) is 36.6 Å². The number of carbonyl (C=O) groups is 2. The molecular formula is C19H21NO5S. The molecule has 138 valence electrons. The van der Waals surface area contributed by atoms with E-state index < -0.39 is 22.6 Å². The van der Waals surface area contributed by atoms with E-state index in [9.17, 15) is 18.0 Å². The molecule has 2 aromatic rings. The Kier molecular flexibility index (Phi) is 6.28. The largest absolute Gasteiger partial charge is 0.454 e. The Morgan fingerprint density at radius 1 is 1.04 bits per heavy atom. The van der Waals surface area contributed by atoms with Crippen molar-refractivity contribution in [3.8, 4) is 0 Å². The van der Waals surface area contributed by atoms with Crippen LogP contribution in [0.25, 0.3) is 0 Å². The Hall–Kier alpha value is -2.51. The molecule has 0 saturated heterocycles. The molecule has 0 aliphatic rings. The third-order valence-electron chi connectivity index (χ3n) is 3.88. The zero-order valence-corrected chi connectivity index (χ0v) is 15.5. The lowest BCUT2D eigenvalue weighted by Crippen LogP contribution is -2.17. The second-order valence-electron chi connectivity index (χ2n) is 5.97. The Balaban J connectivity index is 2.05. The summed E-state index contributed by atoms with van der Waals surface area (Å²) in [5.74, 6) is -1.12. The molecule has 2 N–H and O–H groups in total. The van der Waals surface area contributed by atoms with Crippen molar-refractivity contribution in [1.29, 1.82) is 0 Å². The fourth-order valence-electron chi connectivity index (χ4n) is 2.48. The van der Waals surface area contributed by atoms with Gasteiger partial charge in [-0.3, -0.25) is 4.79 Å². The summed E-state index contributed by atoms with van der Waals surface area (Å²) in [6, 6.07) is 11.2. The second-order valence-corrected chi connectivity index (χ2v) is 7.50. The summed E-state index contributed by atoms with van der Waals surface area (Å²) in [4.78, 5) is 24.1. The number of ketones is 1. The van der Waals surface area contributed by atoms with Crippen molar-refractivity contribution < 1.29 is 22.7 Å². The molecule has 0 aliphatic carbocycles. The summed E-state index contributed by atoms with van der Waals surface area (Å²) in [5, 5.41) is 5.12. The Morgan fingerprint density at radius 2 is 1.65 bits per heavy atom. The molecule has 6 nitrogen and oxygen atoms in total. The van der Waals surface area contributed by atoms with Gasteiger partial charge in [-0.15, -0.1) is 0 Å². The topological polar surface area (TPSA) is 104 Å². The van der Waals surface area contributed by atoms with E-state index in [1.54, 1.807) is 19.1 Å². The normalized spacial score (nSPS) is 11.2. The number of benzene rings is 2. The number of nitrogens with two attached hydrogens (primary N) is 1. The van der Waals surface area contributed by atoms with Crippen LogP contribution >= 0.6 is 0 Å². The maximum Gasteiger partial charge on any atom is 0.338 e. The molecule has 0 fully saturated rings. The number of hydrogen-bond acceptors (Lipinski definition) is 5. The zero-order valence-electron chi connectivity index (χ0n) is 14.7. The first kappa shape index (κ1) is 19.8. The van der Waals surface area contributed by atoms with Crippen molar-refractivity contribution in [2.24, 2.45) is 5.14 Å². The van der Waals surface area contributed by atoms with Gasteiger partial charge < -0.3 is 4.74 Å². The lowest BCUT2D eigenvalue weighted by atomic mass is 10.1. The minimum Gasteiger partial charge on any atom is -0.454 e. The number of primary sulfonamides is 1. The number of hydrogen-bond donors (Lipinski definition) is 1. The van der Waals surface area contributed by atoms with Crippen LogP contribution in [0.2, 0.25) is 0 Å². The summed E-state index contributed by atoms with van der Waals surface area (Å²) in [5.41, 5.74) is 2.03. The minimum absolute atomic E-state index is 0.0192. The molecule has 0 atom stereocenters. The van der Waals surface area contributed by atoms with E-state index in [2.05, 4.69) is 6.92 Å². The summed E-state index contributed by atoms with van der Waals surface area (Å²) in [6.45, 7) is 3.22. The molecule has 0 heterocycles. The molecule has 0 bridgehead atoms. The molecule has 0 spiro atoms. The molecule has 0 amide bonds. The van der Waals surface area contributed by atoms with Crippen LogP contribution in [0.3, 0.4) is 0 Å². The molecule has 2 rings (SSSR count). The van der Waals surface area contributed by atoms with Crippen LogP contribution in [0.1, 0.15) is 45.2 Å². The SMILES string of the molecule is CCCc1ccc(C(=O)COC(=O)c2ccc(C)c(S(N)(=O)=O)c2)cc1. The summed E-state index contributed by atoms with van der Waals surface area (Å²) in [7, 11) is -3.95. The molecular weight excluding hydrogens is 354 g/mol. The number of ether oxygens (including phenoxy) is 1. The highest BCUT2D eigenvalue weighted by Crippen LogP contribution is 2.16. The van der Waals surface area contributed by atoms with Crippen molar-refractivity contribution in [3.63, 3.8) is 0 Å². The third kappa shape index (κ3) is 5.00. The first-order valence-electron chi connectivity index (χ1n) is 8.15. The average molecular weight is 375 g/mol. The molecule has 0 aliphatic heterocycles. The van der Waals surface area contributed by atoms with Gasteiger partial charge in [0, 0.05) is 5.56 Å². The summed E-state index contributed by atoms with van der Waals surface area (Å²) >= 11 is 0. The molecule has 0 radical (unpaired) electrons. The van der Waals surface area contributed by atoms with E-state index in [0.717, 1.165) is 24.5 Å². The monoisotopic (exact) mass is 375 g/mol. The van der Waals surface area contributed by atoms with E-state index in [4.69, 9.17) is 9.88 Å². The first-order valence-corrected chi connectivity index (χ1v) is 9.69. The maximum absolute atomic E-state index is 12.1. The Bertz CT molecular complexity index is 917. The number of carbonyl (C=O) groups excluding carboxylic acids is 2. The summed E-state index contributed by atoms with van der Waals surface area (Å²) < 4.78 is 28.1. The zero-order chi connectivity index (χ0) is 19.3. The molecule has 2 aromatic carbocycles. The van der Waals surface area contributed by atoms with E-state index in [1.165, 1.54) is 12.1 Å². The van der Waals surface area contributed by atoms with Crippen molar-refractivity contribution in [1.82, 2.24) is 0 Å². The van der Waals surface area contributed by atoms with Crippen LogP contribution in [-0.2, 0) is 21.2 Å². The predicted molar refractivity (Wildman–Crippen MR) is 97.6 cm³/mol. The van der Waals surface area contributed by atoms with E-state index in [1.807, 2.05) is 12.1 Å². The fourth-order valence-corrected chi connectivity index (χ4v) is 3.29. The number of sulfonamides is 1. The average Bonchev–Trinajstić information content (AvgIpc) is 2.59. The predicted octanol–water partition coefficient (Wildman–Crippen LogP) is 2.63. The van der Waals surface area contributed by atoms with Crippen LogP contribution in [0.15, 0.2) is 47.4 Å². The van der Waals surface area contributed by atoms with Crippen LogP contribution in [0.5, 0.6) is 0 Å². The molecule has 0 aromatic heterocycles. The third-order valence-corrected chi connectivity index (χ3v) is 4.93. The van der Waals surface area contributed by atoms with Crippen molar-refractivity contribution in [2.75, 3.05) is 6.61 Å². The number of Topliss-reactive ketones (excluding diaryl/α,β-unsaturated/α-hetero) is 1. The van der Waals surface area contributed by atoms with Crippen LogP contribution < -0.4 is 5.14 Å². The minimum atomic E-state index is -3.95. The van der Waals surface area contributed by atoms with Gasteiger partial charge in [0.05, 0.1) is 10.5 Å². The lowest BCUT2D eigenvalue weighted by molar-refractivity contribution is 0.0474. The highest BCUT2D eigenvalue weighted by atomic mass is 32.2. The highest BCUT2D eigenvalue weighted by molar-refractivity contribution is 7.89. The van der Waals surface area contributed by atoms with Gasteiger partial charge in [0.25, 0.3) is 0 Å².